The highest BCUT2D eigenvalue weighted by atomic mass is 32.2. The summed E-state index contributed by atoms with van der Waals surface area (Å²) in [6.45, 7) is 4.44. The van der Waals surface area contributed by atoms with Gasteiger partial charge in [0.25, 0.3) is 0 Å². The van der Waals surface area contributed by atoms with Gasteiger partial charge in [-0.15, -0.1) is 0 Å². The fraction of sp³-hybridized carbons (Fsp3) is 1.00. The van der Waals surface area contributed by atoms with Crippen LogP contribution in [0.3, 0.4) is 0 Å². The van der Waals surface area contributed by atoms with Gasteiger partial charge in [-0.25, -0.2) is 0 Å². The van der Waals surface area contributed by atoms with Crippen LogP contribution in [0.25, 0.3) is 0 Å². The van der Waals surface area contributed by atoms with Gasteiger partial charge in [0, 0.05) is 41.4 Å². The van der Waals surface area contributed by atoms with E-state index in [1.165, 1.54) is 19.3 Å². The molecule has 1 aliphatic heterocycles. The molecule has 0 radical (unpaired) electrons. The van der Waals surface area contributed by atoms with Crippen molar-refractivity contribution in [1.82, 2.24) is 4.90 Å². The van der Waals surface area contributed by atoms with Gasteiger partial charge in [0.05, 0.1) is 0 Å². The minimum atomic E-state index is -0.516. The van der Waals surface area contributed by atoms with E-state index in [9.17, 15) is 4.21 Å². The number of hydrogen-bond donors (Lipinski definition) is 0. The maximum absolute atomic E-state index is 11.2. The van der Waals surface area contributed by atoms with Crippen LogP contribution in [0.2, 0.25) is 0 Å². The summed E-state index contributed by atoms with van der Waals surface area (Å²) in [6.07, 6.45) is 4.26. The van der Waals surface area contributed by atoms with E-state index in [4.69, 9.17) is 0 Å². The molecule has 76 valence electrons. The van der Waals surface area contributed by atoms with Crippen molar-refractivity contribution in [2.75, 3.05) is 24.6 Å². The molecule has 2 aliphatic rings. The molecule has 13 heavy (non-hydrogen) atoms. The lowest BCUT2D eigenvalue weighted by atomic mass is 10.1. The summed E-state index contributed by atoms with van der Waals surface area (Å²) in [4.78, 5) is 2.51. The van der Waals surface area contributed by atoms with Crippen molar-refractivity contribution < 1.29 is 4.21 Å². The summed E-state index contributed by atoms with van der Waals surface area (Å²) in [5, 5.41) is 0. The van der Waals surface area contributed by atoms with E-state index in [2.05, 4.69) is 11.8 Å². The summed E-state index contributed by atoms with van der Waals surface area (Å²) >= 11 is 0. The first-order valence-electron chi connectivity index (χ1n) is 5.35. The average molecular weight is 201 g/mol. The molecule has 0 amide bonds. The summed E-state index contributed by atoms with van der Waals surface area (Å²) in [5.41, 5.74) is 0. The fourth-order valence-electron chi connectivity index (χ4n) is 2.08. The van der Waals surface area contributed by atoms with Crippen LogP contribution in [0, 0.1) is 5.92 Å². The van der Waals surface area contributed by atoms with Crippen LogP contribution in [0.1, 0.15) is 26.2 Å². The third-order valence-electron chi connectivity index (χ3n) is 3.21. The van der Waals surface area contributed by atoms with Gasteiger partial charge >= 0.3 is 0 Å². The molecule has 3 heteroatoms. The predicted octanol–water partition coefficient (Wildman–Crippen LogP) is 1.24. The van der Waals surface area contributed by atoms with Crippen molar-refractivity contribution in [1.29, 1.82) is 0 Å². The smallest absolute Gasteiger partial charge is 0.0363 e. The Balaban J connectivity index is 1.75. The van der Waals surface area contributed by atoms with Gasteiger partial charge in [-0.05, 0) is 19.3 Å². The van der Waals surface area contributed by atoms with Crippen LogP contribution >= 0.6 is 0 Å². The quantitative estimate of drug-likeness (QED) is 0.685. The lowest BCUT2D eigenvalue weighted by Crippen LogP contribution is -2.43. The largest absolute Gasteiger partial charge is 0.299 e. The van der Waals surface area contributed by atoms with Gasteiger partial charge < -0.3 is 0 Å². The molecule has 1 aliphatic carbocycles. The molecule has 1 heterocycles. The minimum Gasteiger partial charge on any atom is -0.299 e. The Morgan fingerprint density at radius 3 is 2.54 bits per heavy atom. The Morgan fingerprint density at radius 1 is 1.38 bits per heavy atom. The summed E-state index contributed by atoms with van der Waals surface area (Å²) in [6, 6.07) is 0.727. The van der Waals surface area contributed by atoms with Gasteiger partial charge in [-0.3, -0.25) is 9.11 Å². The number of nitrogens with zero attached hydrogens (tertiary/aromatic N) is 1. The maximum Gasteiger partial charge on any atom is 0.0363 e. The minimum absolute atomic E-state index is 0.516. The second-order valence-corrected chi connectivity index (χ2v) is 6.11. The SMILES string of the molecule is CC(CC1CC1)N1CCS(=O)CC1. The average Bonchev–Trinajstić information content (AvgIpc) is 2.89. The number of hydrogen-bond acceptors (Lipinski definition) is 2. The van der Waals surface area contributed by atoms with Crippen LogP contribution in [-0.2, 0) is 10.8 Å². The van der Waals surface area contributed by atoms with E-state index in [1.807, 2.05) is 0 Å². The predicted molar refractivity (Wildman–Crippen MR) is 56.3 cm³/mol. The van der Waals surface area contributed by atoms with Gasteiger partial charge in [-0.2, -0.15) is 0 Å². The molecular weight excluding hydrogens is 182 g/mol. The van der Waals surface area contributed by atoms with Gasteiger partial charge in [0.1, 0.15) is 0 Å². The van der Waals surface area contributed by atoms with Gasteiger partial charge in [0.15, 0.2) is 0 Å². The van der Waals surface area contributed by atoms with E-state index in [-0.39, 0.29) is 0 Å². The highest BCUT2D eigenvalue weighted by Gasteiger charge is 2.27. The molecule has 1 unspecified atom stereocenters. The zero-order valence-corrected chi connectivity index (χ0v) is 9.18. The second kappa shape index (κ2) is 4.09. The van der Waals surface area contributed by atoms with Crippen LogP contribution < -0.4 is 0 Å². The number of rotatable bonds is 3. The maximum atomic E-state index is 11.2. The van der Waals surface area contributed by atoms with Crippen molar-refractivity contribution in [3.63, 3.8) is 0 Å². The third kappa shape index (κ3) is 2.78. The first-order valence-corrected chi connectivity index (χ1v) is 6.83. The topological polar surface area (TPSA) is 20.3 Å². The van der Waals surface area contributed by atoms with E-state index in [0.717, 1.165) is 36.6 Å². The summed E-state index contributed by atoms with van der Waals surface area (Å²) < 4.78 is 11.2. The molecule has 0 spiro atoms. The zero-order chi connectivity index (χ0) is 9.26. The molecule has 1 saturated heterocycles. The molecule has 1 atom stereocenters. The Morgan fingerprint density at radius 2 is 2.00 bits per heavy atom. The first kappa shape index (κ1) is 9.66. The molecular formula is C10H19NOS. The Kier molecular flexibility index (Phi) is 3.04. The molecule has 0 aromatic carbocycles. The van der Waals surface area contributed by atoms with Crippen LogP contribution in [-0.4, -0.2) is 39.7 Å². The Labute approximate surface area is 83.1 Å². The van der Waals surface area contributed by atoms with Crippen molar-refractivity contribution in [2.45, 2.75) is 32.2 Å². The van der Waals surface area contributed by atoms with E-state index in [1.54, 1.807) is 0 Å². The molecule has 0 N–H and O–H groups in total. The highest BCUT2D eigenvalue weighted by molar-refractivity contribution is 7.85. The fourth-order valence-corrected chi connectivity index (χ4v) is 3.16. The van der Waals surface area contributed by atoms with Crippen LogP contribution in [0.4, 0.5) is 0 Å². The lowest BCUT2D eigenvalue weighted by molar-refractivity contribution is 0.212. The summed E-state index contributed by atoms with van der Waals surface area (Å²) in [7, 11) is -0.516. The van der Waals surface area contributed by atoms with Gasteiger partial charge in [-0.1, -0.05) is 12.8 Å². The third-order valence-corrected chi connectivity index (χ3v) is 4.48. The summed E-state index contributed by atoms with van der Waals surface area (Å²) in [5.74, 6) is 2.81. The van der Waals surface area contributed by atoms with Crippen LogP contribution in [0.15, 0.2) is 0 Å². The highest BCUT2D eigenvalue weighted by Crippen LogP contribution is 2.34. The molecule has 0 bridgehead atoms. The van der Waals surface area contributed by atoms with Crippen molar-refractivity contribution in [3.05, 3.63) is 0 Å². The van der Waals surface area contributed by atoms with Crippen molar-refractivity contribution >= 4 is 10.8 Å². The van der Waals surface area contributed by atoms with Crippen molar-refractivity contribution in [3.8, 4) is 0 Å². The standard InChI is InChI=1S/C10H19NOS/c1-9(8-10-2-3-10)11-4-6-13(12)7-5-11/h9-10H,2-8H2,1H3. The molecule has 0 aromatic heterocycles. The first-order chi connectivity index (χ1) is 6.25. The van der Waals surface area contributed by atoms with Crippen LogP contribution in [0.5, 0.6) is 0 Å². The Hall–Kier alpha value is 0.110. The molecule has 1 saturated carbocycles. The Bertz CT molecular complexity index is 193. The lowest BCUT2D eigenvalue weighted by Gasteiger charge is -2.32. The zero-order valence-electron chi connectivity index (χ0n) is 8.37. The molecule has 2 nitrogen and oxygen atoms in total. The second-order valence-electron chi connectivity index (χ2n) is 4.41. The normalized spacial score (nSPS) is 29.0. The van der Waals surface area contributed by atoms with E-state index in [0.29, 0.717) is 0 Å². The monoisotopic (exact) mass is 201 g/mol. The van der Waals surface area contributed by atoms with E-state index < -0.39 is 10.8 Å². The van der Waals surface area contributed by atoms with Gasteiger partial charge in [0.2, 0.25) is 0 Å². The molecule has 2 rings (SSSR count). The van der Waals surface area contributed by atoms with E-state index >= 15 is 0 Å². The molecule has 2 fully saturated rings. The molecule has 0 aromatic rings. The van der Waals surface area contributed by atoms with Crippen molar-refractivity contribution in [2.24, 2.45) is 5.92 Å².